The summed E-state index contributed by atoms with van der Waals surface area (Å²) < 4.78 is 84.6. The number of hydrogen-bond acceptors (Lipinski definition) is 15. The minimum Gasteiger partial charge on any atom is -0.383 e. The largest absolute Gasteiger partial charge is 0.383 e. The monoisotopic (exact) mass is 1030 g/mol. The summed E-state index contributed by atoms with van der Waals surface area (Å²) in [7, 11) is -3.91. The number of carbonyl (C=O) groups excluding carboxylic acids is 6. The van der Waals surface area contributed by atoms with Crippen molar-refractivity contribution in [1.29, 1.82) is 0 Å². The standard InChI is InChI=1S/C50H55F2N7O13S/c1-2-25-73(66,67)58-40-10-9-39(51)44(45(40)52)46(62)38-30-56-47-36(38)26-33(29-55-47)32-5-3-31(4-6-32)28-54-42(60)13-15-68-17-19-70-21-23-72-24-22-71-20-18-69-16-14-53-34-7-8-35-37(27-34)50(65)59(49(35)64)41-11-12-43(61)57-48(41)63/h3-10,26-27,29-30,41,53,58H,2,11-25,28H2,1H3,(H,54,60)(H,55,56)(H,57,61,63). The van der Waals surface area contributed by atoms with E-state index < -0.39 is 68.4 Å². The van der Waals surface area contributed by atoms with Crippen molar-refractivity contribution in [3.63, 3.8) is 0 Å². The lowest BCUT2D eigenvalue weighted by Crippen LogP contribution is -2.54. The summed E-state index contributed by atoms with van der Waals surface area (Å²) in [5.41, 5.74) is 2.00. The maximum atomic E-state index is 15.5. The fraction of sp³-hybridized carbons (Fsp3) is 0.380. The molecule has 1 unspecified atom stereocenters. The first-order valence-electron chi connectivity index (χ1n) is 23.6. The third-order valence-corrected chi connectivity index (χ3v) is 13.1. The molecule has 388 valence electrons. The molecule has 1 fully saturated rings. The molecule has 23 heteroatoms. The second-order valence-electron chi connectivity index (χ2n) is 16.8. The molecular formula is C50H55F2N7O13S. The SMILES string of the molecule is CCCS(=O)(=O)Nc1ccc(F)c(C(=O)c2c[nH]c3ncc(-c4ccc(CNC(=O)CCOCCOCCOCCOCCOCCNc5ccc6c(c5)C(=O)N(C5CCC(=O)NC5=O)C6=O)cc4)cc23)c1F. The van der Waals surface area contributed by atoms with Crippen LogP contribution in [0.2, 0.25) is 0 Å². The van der Waals surface area contributed by atoms with Crippen LogP contribution in [0.4, 0.5) is 20.2 Å². The van der Waals surface area contributed by atoms with Gasteiger partial charge in [-0.15, -0.1) is 0 Å². The number of hydrogen-bond donors (Lipinski definition) is 5. The summed E-state index contributed by atoms with van der Waals surface area (Å²) in [5.74, 6) is -6.16. The van der Waals surface area contributed by atoms with Crippen molar-refractivity contribution < 1.29 is 69.7 Å². The Morgan fingerprint density at radius 3 is 2.12 bits per heavy atom. The Bertz CT molecular complexity index is 2940. The highest BCUT2D eigenvalue weighted by Gasteiger charge is 2.44. The predicted octanol–water partition coefficient (Wildman–Crippen LogP) is 4.49. The van der Waals surface area contributed by atoms with Crippen LogP contribution in [0.1, 0.15) is 74.8 Å². The first kappa shape index (κ1) is 53.8. The van der Waals surface area contributed by atoms with Crippen molar-refractivity contribution in [2.75, 3.05) is 88.4 Å². The van der Waals surface area contributed by atoms with E-state index in [-0.39, 0.29) is 67.2 Å². The molecule has 7 rings (SSSR count). The number of benzene rings is 3. The molecule has 0 spiro atoms. The summed E-state index contributed by atoms with van der Waals surface area (Å²) >= 11 is 0. The second kappa shape index (κ2) is 25.6. The number of ketones is 1. The van der Waals surface area contributed by atoms with E-state index in [9.17, 15) is 41.6 Å². The van der Waals surface area contributed by atoms with Gasteiger partial charge in [0.15, 0.2) is 5.82 Å². The quantitative estimate of drug-likeness (QED) is 0.0251. The van der Waals surface area contributed by atoms with E-state index in [0.29, 0.717) is 88.3 Å². The molecule has 2 aliphatic heterocycles. The van der Waals surface area contributed by atoms with Crippen molar-refractivity contribution in [1.82, 2.24) is 25.5 Å². The van der Waals surface area contributed by atoms with E-state index in [1.165, 1.54) is 12.3 Å². The van der Waals surface area contributed by atoms with Crippen LogP contribution in [0.25, 0.3) is 22.2 Å². The van der Waals surface area contributed by atoms with E-state index in [2.05, 4.69) is 30.6 Å². The number of amides is 5. The van der Waals surface area contributed by atoms with Crippen LogP contribution < -0.4 is 20.7 Å². The Balaban J connectivity index is 0.696. The number of piperidine rings is 1. The predicted molar refractivity (Wildman–Crippen MR) is 261 cm³/mol. The molecule has 0 aliphatic carbocycles. The number of carbonyl (C=O) groups is 6. The van der Waals surface area contributed by atoms with Crippen molar-refractivity contribution in [2.24, 2.45) is 0 Å². The highest BCUT2D eigenvalue weighted by Crippen LogP contribution is 2.31. The molecule has 3 aromatic carbocycles. The molecule has 1 saturated heterocycles. The Morgan fingerprint density at radius 1 is 0.795 bits per heavy atom. The van der Waals surface area contributed by atoms with E-state index in [4.69, 9.17) is 23.7 Å². The molecule has 4 heterocycles. The van der Waals surface area contributed by atoms with E-state index in [1.807, 2.05) is 24.3 Å². The van der Waals surface area contributed by atoms with Crippen molar-refractivity contribution in [2.45, 2.75) is 45.2 Å². The molecule has 5 aromatic rings. The van der Waals surface area contributed by atoms with Gasteiger partial charge >= 0.3 is 0 Å². The van der Waals surface area contributed by atoms with Gasteiger partial charge in [0.05, 0.1) is 94.2 Å². The van der Waals surface area contributed by atoms with Gasteiger partial charge in [-0.3, -0.25) is 43.7 Å². The minimum absolute atomic E-state index is 0.0517. The first-order chi connectivity index (χ1) is 35.2. The number of imide groups is 2. The van der Waals surface area contributed by atoms with Gasteiger partial charge in [-0.2, -0.15) is 0 Å². The molecule has 2 aromatic heterocycles. The van der Waals surface area contributed by atoms with Crippen molar-refractivity contribution in [3.05, 3.63) is 113 Å². The zero-order chi connectivity index (χ0) is 51.9. The molecule has 0 radical (unpaired) electrons. The normalized spacial score (nSPS) is 14.7. The summed E-state index contributed by atoms with van der Waals surface area (Å²) in [5, 5.41) is 8.49. The van der Waals surface area contributed by atoms with Crippen molar-refractivity contribution in [3.8, 4) is 11.1 Å². The number of pyridine rings is 1. The van der Waals surface area contributed by atoms with Crippen LogP contribution in [0.15, 0.2) is 73.1 Å². The van der Waals surface area contributed by atoms with Gasteiger partial charge < -0.3 is 39.3 Å². The number of nitrogens with one attached hydrogen (secondary N) is 5. The number of aromatic nitrogens is 2. The molecule has 73 heavy (non-hydrogen) atoms. The van der Waals surface area contributed by atoms with E-state index in [1.54, 1.807) is 31.3 Å². The zero-order valence-corrected chi connectivity index (χ0v) is 40.7. The lowest BCUT2D eigenvalue weighted by Gasteiger charge is -2.27. The molecule has 0 saturated carbocycles. The van der Waals surface area contributed by atoms with Crippen LogP contribution in [0.5, 0.6) is 0 Å². The Hall–Kier alpha value is -7.02. The number of aromatic amines is 1. The number of fused-ring (bicyclic) bond motifs is 2. The molecular weight excluding hydrogens is 977 g/mol. The number of anilines is 2. The van der Waals surface area contributed by atoms with Crippen LogP contribution in [0, 0.1) is 11.6 Å². The fourth-order valence-electron chi connectivity index (χ4n) is 7.91. The summed E-state index contributed by atoms with van der Waals surface area (Å²) in [6.45, 7) is 5.71. The smallest absolute Gasteiger partial charge is 0.262 e. The van der Waals surface area contributed by atoms with Gasteiger partial charge in [0, 0.05) is 60.5 Å². The number of nitrogens with zero attached hydrogens (tertiary/aromatic N) is 2. The van der Waals surface area contributed by atoms with Gasteiger partial charge in [-0.05, 0) is 60.4 Å². The topological polar surface area (TPSA) is 263 Å². The van der Waals surface area contributed by atoms with Gasteiger partial charge in [-0.25, -0.2) is 22.2 Å². The lowest BCUT2D eigenvalue weighted by atomic mass is 9.99. The summed E-state index contributed by atoms with van der Waals surface area (Å²) in [6, 6.07) is 14.5. The Morgan fingerprint density at radius 2 is 1.45 bits per heavy atom. The fourth-order valence-corrected chi connectivity index (χ4v) is 9.04. The van der Waals surface area contributed by atoms with Crippen molar-refractivity contribution >= 4 is 67.8 Å². The third kappa shape index (κ3) is 14.1. The minimum atomic E-state index is -3.91. The molecule has 1 atom stereocenters. The highest BCUT2D eigenvalue weighted by molar-refractivity contribution is 7.92. The van der Waals surface area contributed by atoms with Gasteiger partial charge in [-0.1, -0.05) is 31.2 Å². The van der Waals surface area contributed by atoms with Crippen LogP contribution in [0.3, 0.4) is 0 Å². The Labute approximate surface area is 418 Å². The van der Waals surface area contributed by atoms with E-state index in [0.717, 1.165) is 28.2 Å². The van der Waals surface area contributed by atoms with Gasteiger partial charge in [0.1, 0.15) is 17.5 Å². The average Bonchev–Trinajstić information content (AvgIpc) is 3.90. The van der Waals surface area contributed by atoms with Gasteiger partial charge in [0.2, 0.25) is 33.5 Å². The van der Waals surface area contributed by atoms with Crippen LogP contribution in [-0.2, 0) is 54.6 Å². The molecule has 2 aliphatic rings. The van der Waals surface area contributed by atoms with Crippen LogP contribution in [-0.4, -0.2) is 143 Å². The van der Waals surface area contributed by atoms with Crippen LogP contribution >= 0.6 is 0 Å². The number of H-pyrrole nitrogens is 1. The number of ether oxygens (including phenoxy) is 5. The lowest BCUT2D eigenvalue weighted by molar-refractivity contribution is -0.136. The maximum Gasteiger partial charge on any atom is 0.262 e. The molecule has 5 amide bonds. The first-order valence-corrected chi connectivity index (χ1v) is 25.2. The molecule has 20 nitrogen and oxygen atoms in total. The highest BCUT2D eigenvalue weighted by atomic mass is 32.2. The van der Waals surface area contributed by atoms with Gasteiger partial charge in [0.25, 0.3) is 11.8 Å². The summed E-state index contributed by atoms with van der Waals surface area (Å²) in [4.78, 5) is 83.8. The number of halogens is 2. The third-order valence-electron chi connectivity index (χ3n) is 11.6. The number of sulfonamides is 1. The Kier molecular flexibility index (Phi) is 18.8. The maximum absolute atomic E-state index is 15.5. The van der Waals surface area contributed by atoms with E-state index >= 15 is 4.39 Å². The number of rotatable bonds is 29. The second-order valence-corrected chi connectivity index (χ2v) is 18.6. The molecule has 5 N–H and O–H groups in total. The summed E-state index contributed by atoms with van der Waals surface area (Å²) in [6.07, 6.45) is 3.44. The molecule has 0 bridgehead atoms. The average molecular weight is 1030 g/mol. The zero-order valence-electron chi connectivity index (χ0n) is 39.9.